The lowest BCUT2D eigenvalue weighted by atomic mass is 9.75. The largest absolute Gasteiger partial charge is 0.435 e. The summed E-state index contributed by atoms with van der Waals surface area (Å²) in [5.41, 5.74) is 2.27. The molecule has 28 heavy (non-hydrogen) atoms. The maximum absolute atomic E-state index is 12.9. The first-order valence-corrected chi connectivity index (χ1v) is 11.1. The smallest absolute Gasteiger partial charge is 0.316 e. The molecular formula is C24H35NO3. The van der Waals surface area contributed by atoms with Crippen LogP contribution in [-0.4, -0.2) is 30.9 Å². The maximum atomic E-state index is 12.9. The Labute approximate surface area is 169 Å². The molecule has 0 unspecified atom stereocenters. The van der Waals surface area contributed by atoms with Gasteiger partial charge >= 0.3 is 5.97 Å². The summed E-state index contributed by atoms with van der Waals surface area (Å²) in [6.07, 6.45) is 3.28. The maximum Gasteiger partial charge on any atom is 0.316 e. The van der Waals surface area contributed by atoms with Crippen LogP contribution in [0.3, 0.4) is 0 Å². The predicted octanol–water partition coefficient (Wildman–Crippen LogP) is 4.98. The Morgan fingerprint density at radius 1 is 1.21 bits per heavy atom. The van der Waals surface area contributed by atoms with Crippen LogP contribution in [0.5, 0.6) is 0 Å². The molecule has 1 saturated carbocycles. The van der Waals surface area contributed by atoms with Crippen molar-refractivity contribution in [2.24, 2.45) is 23.7 Å². The van der Waals surface area contributed by atoms with Crippen molar-refractivity contribution in [2.75, 3.05) is 11.4 Å². The number of esters is 1. The van der Waals surface area contributed by atoms with Gasteiger partial charge < -0.3 is 14.4 Å². The number of para-hydroxylation sites is 1. The van der Waals surface area contributed by atoms with Crippen molar-refractivity contribution in [3.05, 3.63) is 29.8 Å². The van der Waals surface area contributed by atoms with Crippen LogP contribution in [0.2, 0.25) is 0 Å². The summed E-state index contributed by atoms with van der Waals surface area (Å²) < 4.78 is 12.6. The van der Waals surface area contributed by atoms with E-state index < -0.39 is 6.29 Å². The number of hydrogen-bond acceptors (Lipinski definition) is 4. The third-order valence-corrected chi connectivity index (χ3v) is 7.43. The van der Waals surface area contributed by atoms with Gasteiger partial charge in [0.05, 0.1) is 17.9 Å². The lowest BCUT2D eigenvalue weighted by Crippen LogP contribution is -2.49. The van der Waals surface area contributed by atoms with Gasteiger partial charge in [0.2, 0.25) is 6.29 Å². The Morgan fingerprint density at radius 2 is 1.96 bits per heavy atom. The number of hydrogen-bond donors (Lipinski definition) is 0. The highest BCUT2D eigenvalue weighted by Crippen LogP contribution is 2.49. The lowest BCUT2D eigenvalue weighted by Gasteiger charge is -2.44. The van der Waals surface area contributed by atoms with Gasteiger partial charge in [-0.05, 0) is 56.1 Å². The molecule has 3 aliphatic rings. The number of nitrogens with zero attached hydrogens (tertiary/aromatic N) is 1. The van der Waals surface area contributed by atoms with E-state index in [2.05, 4.69) is 57.7 Å². The predicted molar refractivity (Wildman–Crippen MR) is 111 cm³/mol. The fraction of sp³-hybridized carbons (Fsp3) is 0.708. The monoisotopic (exact) mass is 385 g/mol. The molecule has 7 atom stereocenters. The molecule has 4 rings (SSSR count). The van der Waals surface area contributed by atoms with Crippen LogP contribution >= 0.6 is 0 Å². The van der Waals surface area contributed by atoms with Crippen molar-refractivity contribution in [3.8, 4) is 0 Å². The second-order valence-electron chi connectivity index (χ2n) is 9.45. The molecule has 1 aliphatic carbocycles. The van der Waals surface area contributed by atoms with E-state index in [4.69, 9.17) is 9.47 Å². The van der Waals surface area contributed by atoms with Gasteiger partial charge in [-0.3, -0.25) is 4.79 Å². The van der Waals surface area contributed by atoms with E-state index in [1.165, 1.54) is 18.5 Å². The van der Waals surface area contributed by atoms with Gasteiger partial charge in [-0.25, -0.2) is 0 Å². The van der Waals surface area contributed by atoms with E-state index in [-0.39, 0.29) is 30.0 Å². The zero-order valence-electron chi connectivity index (χ0n) is 17.9. The van der Waals surface area contributed by atoms with E-state index in [0.717, 1.165) is 18.5 Å². The Kier molecular flexibility index (Phi) is 5.43. The van der Waals surface area contributed by atoms with Crippen molar-refractivity contribution in [1.82, 2.24) is 0 Å². The number of anilines is 1. The van der Waals surface area contributed by atoms with Crippen LogP contribution < -0.4 is 4.90 Å². The highest BCUT2D eigenvalue weighted by Gasteiger charge is 2.54. The fourth-order valence-electron chi connectivity index (χ4n) is 5.88. The summed E-state index contributed by atoms with van der Waals surface area (Å²) in [6, 6.07) is 8.51. The standard InChI is InChI=1S/C24H35NO3/c1-6-25-16(5)21-22(18-9-7-8-10-19(18)25)23(26)28-24(21)27-20-13-15(4)11-12-17(20)14(2)3/h7-10,14-17,20-22,24H,6,11-13H2,1-5H3/t15-,16-,17+,20-,21-,22+,24-/m1/s1. The second kappa shape index (κ2) is 7.70. The summed E-state index contributed by atoms with van der Waals surface area (Å²) >= 11 is 0. The van der Waals surface area contributed by atoms with Crippen molar-refractivity contribution >= 4 is 11.7 Å². The van der Waals surface area contributed by atoms with Crippen molar-refractivity contribution in [2.45, 2.75) is 78.2 Å². The quantitative estimate of drug-likeness (QED) is 0.686. The number of fused-ring (bicyclic) bond motifs is 3. The lowest BCUT2D eigenvalue weighted by molar-refractivity contribution is -0.197. The first kappa shape index (κ1) is 19.8. The van der Waals surface area contributed by atoms with Crippen molar-refractivity contribution in [3.63, 3.8) is 0 Å². The summed E-state index contributed by atoms with van der Waals surface area (Å²) in [5, 5.41) is 0. The topological polar surface area (TPSA) is 38.8 Å². The minimum absolute atomic E-state index is 0.0485. The summed E-state index contributed by atoms with van der Waals surface area (Å²) in [5.74, 6) is 1.52. The van der Waals surface area contributed by atoms with Crippen LogP contribution in [0.25, 0.3) is 0 Å². The Morgan fingerprint density at radius 3 is 2.68 bits per heavy atom. The van der Waals surface area contributed by atoms with Gasteiger partial charge in [0, 0.05) is 18.3 Å². The molecule has 0 spiro atoms. The molecule has 4 nitrogen and oxygen atoms in total. The molecule has 1 aromatic carbocycles. The minimum Gasteiger partial charge on any atom is -0.435 e. The molecule has 2 heterocycles. The van der Waals surface area contributed by atoms with Crippen LogP contribution in [0.4, 0.5) is 5.69 Å². The van der Waals surface area contributed by atoms with E-state index >= 15 is 0 Å². The Hall–Kier alpha value is -1.55. The molecule has 4 heteroatoms. The molecule has 154 valence electrons. The van der Waals surface area contributed by atoms with Gasteiger partial charge in [-0.2, -0.15) is 0 Å². The normalized spacial score (nSPS) is 37.6. The summed E-state index contributed by atoms with van der Waals surface area (Å²) in [4.78, 5) is 15.3. The number of ether oxygens (including phenoxy) is 2. The van der Waals surface area contributed by atoms with Gasteiger partial charge in [0.1, 0.15) is 0 Å². The van der Waals surface area contributed by atoms with Gasteiger partial charge in [-0.1, -0.05) is 45.4 Å². The molecule has 0 aromatic heterocycles. The molecular weight excluding hydrogens is 350 g/mol. The van der Waals surface area contributed by atoms with Gasteiger partial charge in [0.15, 0.2) is 0 Å². The Bertz CT molecular complexity index is 718. The minimum atomic E-state index is -0.438. The van der Waals surface area contributed by atoms with Crippen molar-refractivity contribution in [1.29, 1.82) is 0 Å². The molecule has 0 amide bonds. The number of carbonyl (C=O) groups excluding carboxylic acids is 1. The zero-order valence-corrected chi connectivity index (χ0v) is 17.9. The van der Waals surface area contributed by atoms with Crippen LogP contribution in [0.1, 0.15) is 65.4 Å². The molecule has 1 saturated heterocycles. The Balaban J connectivity index is 1.63. The number of carbonyl (C=O) groups is 1. The molecule has 1 aromatic rings. The third-order valence-electron chi connectivity index (χ3n) is 7.43. The summed E-state index contributed by atoms with van der Waals surface area (Å²) in [6.45, 7) is 12.2. The number of rotatable bonds is 4. The van der Waals surface area contributed by atoms with Crippen LogP contribution in [0.15, 0.2) is 24.3 Å². The highest BCUT2D eigenvalue weighted by molar-refractivity contribution is 5.85. The molecule has 0 bridgehead atoms. The molecule has 2 fully saturated rings. The van der Waals surface area contributed by atoms with E-state index in [9.17, 15) is 4.79 Å². The highest BCUT2D eigenvalue weighted by atomic mass is 16.7. The number of benzene rings is 1. The zero-order chi connectivity index (χ0) is 20.0. The van der Waals surface area contributed by atoms with E-state index in [1.54, 1.807) is 0 Å². The first-order valence-electron chi connectivity index (χ1n) is 11.1. The van der Waals surface area contributed by atoms with E-state index in [1.807, 2.05) is 6.07 Å². The van der Waals surface area contributed by atoms with Gasteiger partial charge in [0.25, 0.3) is 0 Å². The second-order valence-corrected chi connectivity index (χ2v) is 9.45. The van der Waals surface area contributed by atoms with E-state index in [0.29, 0.717) is 17.8 Å². The summed E-state index contributed by atoms with van der Waals surface area (Å²) in [7, 11) is 0. The molecule has 0 N–H and O–H groups in total. The third kappa shape index (κ3) is 3.24. The average Bonchev–Trinajstić information content (AvgIpc) is 2.98. The molecule has 2 aliphatic heterocycles. The van der Waals surface area contributed by atoms with Crippen LogP contribution in [0, 0.1) is 23.7 Å². The SMILES string of the molecule is CCN1c2ccccc2[C@@H]2C(=O)O[C@@H](O[C@@H]3C[C@H](C)CC[C@H]3C(C)C)[C@@H]2[C@H]1C. The molecule has 0 radical (unpaired) electrons. The van der Waals surface area contributed by atoms with Crippen LogP contribution in [-0.2, 0) is 14.3 Å². The van der Waals surface area contributed by atoms with Crippen molar-refractivity contribution < 1.29 is 14.3 Å². The fourth-order valence-corrected chi connectivity index (χ4v) is 5.88. The first-order chi connectivity index (χ1) is 13.4. The average molecular weight is 386 g/mol. The van der Waals surface area contributed by atoms with Gasteiger partial charge in [-0.15, -0.1) is 0 Å². The number of cyclic esters (lactones) is 1.